The molecule has 1 aromatic rings. The molecule has 3 rings (SSSR count). The molecule has 1 aromatic carbocycles. The van der Waals surface area contributed by atoms with Crippen LogP contribution < -0.4 is 5.32 Å². The number of carbonyl (C=O) groups is 2. The largest absolute Gasteiger partial charge is 0.339 e. The van der Waals surface area contributed by atoms with Crippen molar-refractivity contribution in [1.82, 2.24) is 4.90 Å². The Balaban J connectivity index is 1.67. The average Bonchev–Trinajstić information content (AvgIpc) is 3.11. The molecule has 0 spiro atoms. The number of rotatable bonds is 3. The number of anilines is 1. The third kappa shape index (κ3) is 2.87. The van der Waals surface area contributed by atoms with Crippen LogP contribution in [0.5, 0.6) is 0 Å². The number of para-hydroxylation sites is 1. The molecule has 1 aliphatic carbocycles. The monoisotopic (exact) mass is 300 g/mol. The second kappa shape index (κ2) is 6.11. The Morgan fingerprint density at radius 3 is 2.45 bits per heavy atom. The number of benzene rings is 1. The van der Waals surface area contributed by atoms with Crippen molar-refractivity contribution in [3.63, 3.8) is 0 Å². The molecule has 4 nitrogen and oxygen atoms in total. The quantitative estimate of drug-likeness (QED) is 0.933. The molecule has 2 amide bonds. The molecular weight excluding hydrogens is 276 g/mol. The van der Waals surface area contributed by atoms with Gasteiger partial charge in [0.15, 0.2) is 0 Å². The lowest BCUT2D eigenvalue weighted by Gasteiger charge is -2.24. The van der Waals surface area contributed by atoms with Crippen LogP contribution in [0.25, 0.3) is 0 Å². The van der Waals surface area contributed by atoms with E-state index in [1.54, 1.807) is 0 Å². The fourth-order valence-electron chi connectivity index (χ4n) is 3.71. The Morgan fingerprint density at radius 2 is 1.82 bits per heavy atom. The zero-order valence-corrected chi connectivity index (χ0v) is 13.4. The molecule has 1 saturated heterocycles. The molecule has 118 valence electrons. The van der Waals surface area contributed by atoms with Gasteiger partial charge in [-0.1, -0.05) is 31.0 Å². The van der Waals surface area contributed by atoms with E-state index in [2.05, 4.69) is 5.32 Å². The number of carbonyl (C=O) groups excluding carboxylic acids is 2. The van der Waals surface area contributed by atoms with E-state index in [0.29, 0.717) is 19.0 Å². The minimum atomic E-state index is -0.216. The molecule has 0 bridgehead atoms. The van der Waals surface area contributed by atoms with Crippen LogP contribution in [0.4, 0.5) is 5.69 Å². The molecular formula is C18H24N2O2. The molecule has 4 heteroatoms. The summed E-state index contributed by atoms with van der Waals surface area (Å²) in [6, 6.07) is 6.34. The van der Waals surface area contributed by atoms with Crippen LogP contribution in [-0.2, 0) is 9.59 Å². The second-order valence-electron chi connectivity index (χ2n) is 6.64. The van der Waals surface area contributed by atoms with Gasteiger partial charge in [-0.2, -0.15) is 0 Å². The van der Waals surface area contributed by atoms with Crippen LogP contribution in [0.15, 0.2) is 18.2 Å². The van der Waals surface area contributed by atoms with Gasteiger partial charge in [0, 0.05) is 24.7 Å². The van der Waals surface area contributed by atoms with Gasteiger partial charge in [-0.15, -0.1) is 0 Å². The highest BCUT2D eigenvalue weighted by molar-refractivity contribution is 5.98. The summed E-state index contributed by atoms with van der Waals surface area (Å²) in [6.07, 6.45) is 4.95. The smallest absolute Gasteiger partial charge is 0.229 e. The highest BCUT2D eigenvalue weighted by Crippen LogP contribution is 2.30. The minimum absolute atomic E-state index is 0.0220. The fraction of sp³-hybridized carbons (Fsp3) is 0.556. The lowest BCUT2D eigenvalue weighted by Crippen LogP contribution is -2.35. The van der Waals surface area contributed by atoms with E-state index in [0.717, 1.165) is 29.7 Å². The van der Waals surface area contributed by atoms with Crippen LogP contribution in [0.1, 0.15) is 43.2 Å². The normalized spacial score (nSPS) is 22.4. The summed E-state index contributed by atoms with van der Waals surface area (Å²) in [4.78, 5) is 26.7. The van der Waals surface area contributed by atoms with Crippen LogP contribution in [0, 0.1) is 19.8 Å². The molecule has 1 N–H and O–H groups in total. The molecule has 2 fully saturated rings. The molecule has 1 atom stereocenters. The highest BCUT2D eigenvalue weighted by atomic mass is 16.2. The average molecular weight is 300 g/mol. The fourth-order valence-corrected chi connectivity index (χ4v) is 3.71. The second-order valence-corrected chi connectivity index (χ2v) is 6.64. The third-order valence-corrected chi connectivity index (χ3v) is 5.02. The van der Waals surface area contributed by atoms with Gasteiger partial charge in [0.25, 0.3) is 0 Å². The van der Waals surface area contributed by atoms with Gasteiger partial charge in [-0.05, 0) is 37.8 Å². The van der Waals surface area contributed by atoms with Gasteiger partial charge in [0.2, 0.25) is 11.8 Å². The molecule has 1 aliphatic heterocycles. The lowest BCUT2D eigenvalue weighted by atomic mass is 10.1. The van der Waals surface area contributed by atoms with Crippen molar-refractivity contribution in [3.8, 4) is 0 Å². The van der Waals surface area contributed by atoms with Crippen molar-refractivity contribution in [3.05, 3.63) is 29.3 Å². The van der Waals surface area contributed by atoms with E-state index in [9.17, 15) is 9.59 Å². The Labute approximate surface area is 131 Å². The van der Waals surface area contributed by atoms with Crippen molar-refractivity contribution in [2.45, 2.75) is 52.0 Å². The number of hydrogen-bond acceptors (Lipinski definition) is 2. The first kappa shape index (κ1) is 15.1. The zero-order chi connectivity index (χ0) is 15.7. The Bertz CT molecular complexity index is 570. The van der Waals surface area contributed by atoms with Gasteiger partial charge in [-0.3, -0.25) is 9.59 Å². The van der Waals surface area contributed by atoms with Crippen LogP contribution in [-0.4, -0.2) is 29.3 Å². The molecule has 0 aromatic heterocycles. The van der Waals surface area contributed by atoms with E-state index in [1.807, 2.05) is 36.9 Å². The molecule has 0 unspecified atom stereocenters. The van der Waals surface area contributed by atoms with Crippen LogP contribution in [0.3, 0.4) is 0 Å². The summed E-state index contributed by atoms with van der Waals surface area (Å²) in [6.45, 7) is 4.57. The molecule has 0 radical (unpaired) electrons. The molecule has 2 aliphatic rings. The van der Waals surface area contributed by atoms with Crippen molar-refractivity contribution in [2.24, 2.45) is 5.92 Å². The maximum absolute atomic E-state index is 12.5. The van der Waals surface area contributed by atoms with Crippen LogP contribution >= 0.6 is 0 Å². The number of nitrogens with zero attached hydrogens (tertiary/aromatic N) is 1. The Morgan fingerprint density at radius 1 is 1.18 bits per heavy atom. The van der Waals surface area contributed by atoms with Gasteiger partial charge < -0.3 is 10.2 Å². The first-order valence-corrected chi connectivity index (χ1v) is 8.23. The summed E-state index contributed by atoms with van der Waals surface area (Å²) in [7, 11) is 0. The van der Waals surface area contributed by atoms with E-state index < -0.39 is 0 Å². The van der Waals surface area contributed by atoms with E-state index >= 15 is 0 Å². The number of likely N-dealkylation sites (tertiary alicyclic amines) is 1. The van der Waals surface area contributed by atoms with Crippen molar-refractivity contribution >= 4 is 17.5 Å². The third-order valence-electron chi connectivity index (χ3n) is 5.02. The predicted molar refractivity (Wildman–Crippen MR) is 86.6 cm³/mol. The van der Waals surface area contributed by atoms with E-state index in [1.165, 1.54) is 12.8 Å². The zero-order valence-electron chi connectivity index (χ0n) is 13.4. The molecule has 1 heterocycles. The lowest BCUT2D eigenvalue weighted by molar-refractivity contribution is -0.129. The highest BCUT2D eigenvalue weighted by Gasteiger charge is 2.38. The topological polar surface area (TPSA) is 49.4 Å². The summed E-state index contributed by atoms with van der Waals surface area (Å²) >= 11 is 0. The number of amides is 2. The molecule has 22 heavy (non-hydrogen) atoms. The van der Waals surface area contributed by atoms with Crippen molar-refractivity contribution < 1.29 is 9.59 Å². The van der Waals surface area contributed by atoms with Crippen molar-refractivity contribution in [1.29, 1.82) is 0 Å². The first-order chi connectivity index (χ1) is 10.6. The predicted octanol–water partition coefficient (Wildman–Crippen LogP) is 3.03. The van der Waals surface area contributed by atoms with E-state index in [4.69, 9.17) is 0 Å². The summed E-state index contributed by atoms with van der Waals surface area (Å²) in [5.41, 5.74) is 3.01. The maximum atomic E-state index is 12.5. The Hall–Kier alpha value is -1.84. The standard InChI is InChI=1S/C18H24N2O2/c1-12-6-5-7-13(2)17(12)19-18(22)14-10-16(21)20(11-14)15-8-3-4-9-15/h5-7,14-15H,3-4,8-11H2,1-2H3,(H,19,22)/t14-/m0/s1. The summed E-state index contributed by atoms with van der Waals surface area (Å²) < 4.78 is 0. The number of aryl methyl sites for hydroxylation is 2. The van der Waals surface area contributed by atoms with Gasteiger partial charge >= 0.3 is 0 Å². The van der Waals surface area contributed by atoms with Gasteiger partial charge in [0.1, 0.15) is 0 Å². The first-order valence-electron chi connectivity index (χ1n) is 8.23. The minimum Gasteiger partial charge on any atom is -0.339 e. The van der Waals surface area contributed by atoms with Gasteiger partial charge in [0.05, 0.1) is 5.92 Å². The number of nitrogens with one attached hydrogen (secondary N) is 1. The van der Waals surface area contributed by atoms with Gasteiger partial charge in [-0.25, -0.2) is 0 Å². The number of hydrogen-bond donors (Lipinski definition) is 1. The SMILES string of the molecule is Cc1cccc(C)c1NC(=O)[C@H]1CC(=O)N(C2CCCC2)C1. The Kier molecular flexibility index (Phi) is 4.19. The van der Waals surface area contributed by atoms with Crippen molar-refractivity contribution in [2.75, 3.05) is 11.9 Å². The van der Waals surface area contributed by atoms with E-state index in [-0.39, 0.29) is 17.7 Å². The summed E-state index contributed by atoms with van der Waals surface area (Å²) in [5.74, 6) is -0.0908. The molecule has 1 saturated carbocycles. The maximum Gasteiger partial charge on any atom is 0.229 e. The summed E-state index contributed by atoms with van der Waals surface area (Å²) in [5, 5.41) is 3.03. The van der Waals surface area contributed by atoms with Crippen LogP contribution in [0.2, 0.25) is 0 Å².